The fraction of sp³-hybridized carbons (Fsp3) is 0.174. The maximum absolute atomic E-state index is 5.46. The topological polar surface area (TPSA) is 24.1 Å². The van der Waals surface area contributed by atoms with E-state index < -0.39 is 0 Å². The highest BCUT2D eigenvalue weighted by Crippen LogP contribution is 2.23. The quantitative estimate of drug-likeness (QED) is 0.378. The van der Waals surface area contributed by atoms with Gasteiger partial charge >= 0.3 is 0 Å². The molecule has 0 aliphatic carbocycles. The Labute approximate surface area is 171 Å². The second-order valence-electron chi connectivity index (χ2n) is 6.53. The highest BCUT2D eigenvalue weighted by molar-refractivity contribution is 7.98. The first-order valence-corrected chi connectivity index (χ1v) is 10.4. The summed E-state index contributed by atoms with van der Waals surface area (Å²) in [5, 5.41) is 7.24. The van der Waals surface area contributed by atoms with Crippen LogP contribution in [0.3, 0.4) is 0 Å². The van der Waals surface area contributed by atoms with Gasteiger partial charge in [-0.2, -0.15) is 0 Å². The minimum Gasteiger partial charge on any atom is -0.356 e. The number of thiocarbonyl (C=S) groups is 1. The van der Waals surface area contributed by atoms with Crippen LogP contribution in [-0.2, 0) is 5.75 Å². The zero-order valence-electron chi connectivity index (χ0n) is 15.6. The van der Waals surface area contributed by atoms with Gasteiger partial charge in [0.05, 0.1) is 6.04 Å². The summed E-state index contributed by atoms with van der Waals surface area (Å²) in [5.41, 5.74) is 4.77. The van der Waals surface area contributed by atoms with Crippen LogP contribution in [0.5, 0.6) is 0 Å². The zero-order valence-corrected chi connectivity index (χ0v) is 17.2. The Balaban J connectivity index is 1.50. The van der Waals surface area contributed by atoms with Gasteiger partial charge in [0, 0.05) is 16.3 Å². The van der Waals surface area contributed by atoms with Gasteiger partial charge in [0.2, 0.25) is 0 Å². The van der Waals surface area contributed by atoms with Gasteiger partial charge in [0.15, 0.2) is 5.11 Å². The molecule has 0 saturated carbocycles. The second kappa shape index (κ2) is 9.58. The van der Waals surface area contributed by atoms with Crippen LogP contribution in [-0.4, -0.2) is 5.11 Å². The van der Waals surface area contributed by atoms with Crippen LogP contribution in [0, 0.1) is 6.92 Å². The van der Waals surface area contributed by atoms with Crippen molar-refractivity contribution in [3.8, 4) is 0 Å². The number of aryl methyl sites for hydroxylation is 1. The van der Waals surface area contributed by atoms with Gasteiger partial charge in [-0.3, -0.25) is 0 Å². The maximum Gasteiger partial charge on any atom is 0.171 e. The first-order valence-electron chi connectivity index (χ1n) is 9.01. The van der Waals surface area contributed by atoms with E-state index >= 15 is 0 Å². The van der Waals surface area contributed by atoms with E-state index in [-0.39, 0.29) is 6.04 Å². The molecule has 3 rings (SSSR count). The van der Waals surface area contributed by atoms with Gasteiger partial charge in [-0.05, 0) is 61.5 Å². The van der Waals surface area contributed by atoms with Gasteiger partial charge < -0.3 is 10.6 Å². The number of hydrogen-bond acceptors (Lipinski definition) is 2. The van der Waals surface area contributed by atoms with Crippen molar-refractivity contribution in [2.75, 3.05) is 5.32 Å². The third kappa shape index (κ3) is 6.12. The van der Waals surface area contributed by atoms with Crippen LogP contribution in [0.1, 0.15) is 29.7 Å². The predicted molar refractivity (Wildman–Crippen MR) is 121 cm³/mol. The zero-order chi connectivity index (χ0) is 19.1. The van der Waals surface area contributed by atoms with Crippen molar-refractivity contribution in [3.05, 3.63) is 95.6 Å². The Hall–Kier alpha value is -2.30. The van der Waals surface area contributed by atoms with Crippen molar-refractivity contribution < 1.29 is 0 Å². The molecular formula is C23H24N2S2. The Morgan fingerprint density at radius 2 is 1.59 bits per heavy atom. The summed E-state index contributed by atoms with van der Waals surface area (Å²) in [5.74, 6) is 0.956. The summed E-state index contributed by atoms with van der Waals surface area (Å²) in [6.45, 7) is 4.21. The van der Waals surface area contributed by atoms with Crippen molar-refractivity contribution in [2.45, 2.75) is 30.5 Å². The van der Waals surface area contributed by atoms with Crippen LogP contribution >= 0.6 is 24.0 Å². The van der Waals surface area contributed by atoms with E-state index in [9.17, 15) is 0 Å². The van der Waals surface area contributed by atoms with Crippen molar-refractivity contribution in [1.29, 1.82) is 0 Å². The van der Waals surface area contributed by atoms with Gasteiger partial charge in [-0.15, -0.1) is 11.8 Å². The molecular weight excluding hydrogens is 368 g/mol. The SMILES string of the molecule is Cc1ccc([C@@H](C)NC(=S)Nc2ccc(CSc3ccccc3)cc2)cc1. The fourth-order valence-electron chi connectivity index (χ4n) is 2.67. The van der Waals surface area contributed by atoms with E-state index in [1.807, 2.05) is 17.8 Å². The molecule has 0 radical (unpaired) electrons. The van der Waals surface area contributed by atoms with Crippen molar-refractivity contribution >= 4 is 34.8 Å². The Morgan fingerprint density at radius 3 is 2.26 bits per heavy atom. The first-order chi connectivity index (χ1) is 13.1. The maximum atomic E-state index is 5.46. The number of thioether (sulfide) groups is 1. The number of hydrogen-bond donors (Lipinski definition) is 2. The van der Waals surface area contributed by atoms with Crippen LogP contribution in [0.25, 0.3) is 0 Å². The van der Waals surface area contributed by atoms with E-state index in [1.165, 1.54) is 21.6 Å². The van der Waals surface area contributed by atoms with Gasteiger partial charge in [-0.1, -0.05) is 60.2 Å². The van der Waals surface area contributed by atoms with E-state index in [2.05, 4.69) is 97.3 Å². The molecule has 0 heterocycles. The molecule has 1 atom stereocenters. The van der Waals surface area contributed by atoms with Crippen LogP contribution in [0.15, 0.2) is 83.8 Å². The van der Waals surface area contributed by atoms with Crippen LogP contribution in [0.2, 0.25) is 0 Å². The van der Waals surface area contributed by atoms with Crippen LogP contribution in [0.4, 0.5) is 5.69 Å². The highest BCUT2D eigenvalue weighted by Gasteiger charge is 2.07. The molecule has 0 fully saturated rings. The lowest BCUT2D eigenvalue weighted by atomic mass is 10.1. The summed E-state index contributed by atoms with van der Waals surface area (Å²) in [7, 11) is 0. The third-order valence-electron chi connectivity index (χ3n) is 4.29. The lowest BCUT2D eigenvalue weighted by Crippen LogP contribution is -2.30. The Morgan fingerprint density at radius 1 is 0.926 bits per heavy atom. The smallest absolute Gasteiger partial charge is 0.171 e. The van der Waals surface area contributed by atoms with Crippen LogP contribution < -0.4 is 10.6 Å². The summed E-state index contributed by atoms with van der Waals surface area (Å²) in [6, 6.07) is 27.6. The summed E-state index contributed by atoms with van der Waals surface area (Å²) < 4.78 is 0. The average molecular weight is 393 g/mol. The molecule has 138 valence electrons. The van der Waals surface area contributed by atoms with Crippen molar-refractivity contribution in [3.63, 3.8) is 0 Å². The normalized spacial score (nSPS) is 11.6. The molecule has 0 bridgehead atoms. The van der Waals surface area contributed by atoms with E-state index in [1.54, 1.807) is 0 Å². The summed E-state index contributed by atoms with van der Waals surface area (Å²) in [4.78, 5) is 1.29. The molecule has 3 aromatic carbocycles. The molecule has 3 aromatic rings. The third-order valence-corrected chi connectivity index (χ3v) is 5.59. The van der Waals surface area contributed by atoms with Crippen molar-refractivity contribution in [2.24, 2.45) is 0 Å². The Bertz CT molecular complexity index is 859. The van der Waals surface area contributed by atoms with E-state index in [4.69, 9.17) is 12.2 Å². The molecule has 0 unspecified atom stereocenters. The molecule has 0 amide bonds. The second-order valence-corrected chi connectivity index (χ2v) is 7.99. The molecule has 0 saturated heterocycles. The minimum atomic E-state index is 0.159. The van der Waals surface area contributed by atoms with Gasteiger partial charge in [-0.25, -0.2) is 0 Å². The lowest BCUT2D eigenvalue weighted by Gasteiger charge is -2.17. The molecule has 4 heteroatoms. The Kier molecular flexibility index (Phi) is 6.91. The largest absolute Gasteiger partial charge is 0.356 e. The number of benzene rings is 3. The van der Waals surface area contributed by atoms with E-state index in [0.29, 0.717) is 5.11 Å². The first kappa shape index (κ1) is 19.5. The monoisotopic (exact) mass is 392 g/mol. The molecule has 2 nitrogen and oxygen atoms in total. The standard InChI is InChI=1S/C23H24N2S2/c1-17-8-12-20(13-9-17)18(2)24-23(26)25-21-14-10-19(11-15-21)16-27-22-6-4-3-5-7-22/h3-15,18H,16H2,1-2H3,(H2,24,25,26)/t18-/m1/s1. The minimum absolute atomic E-state index is 0.159. The highest BCUT2D eigenvalue weighted by atomic mass is 32.2. The van der Waals surface area contributed by atoms with Gasteiger partial charge in [0.1, 0.15) is 0 Å². The molecule has 2 N–H and O–H groups in total. The number of anilines is 1. The van der Waals surface area contributed by atoms with Gasteiger partial charge in [0.25, 0.3) is 0 Å². The fourth-order valence-corrected chi connectivity index (χ4v) is 3.84. The number of rotatable bonds is 6. The predicted octanol–water partition coefficient (Wildman–Crippen LogP) is 6.33. The summed E-state index contributed by atoms with van der Waals surface area (Å²) in [6.07, 6.45) is 0. The summed E-state index contributed by atoms with van der Waals surface area (Å²) >= 11 is 7.30. The van der Waals surface area contributed by atoms with Crippen molar-refractivity contribution in [1.82, 2.24) is 5.32 Å². The van der Waals surface area contributed by atoms with E-state index in [0.717, 1.165) is 11.4 Å². The lowest BCUT2D eigenvalue weighted by molar-refractivity contribution is 0.722. The molecule has 27 heavy (non-hydrogen) atoms. The molecule has 0 aliphatic heterocycles. The molecule has 0 aliphatic rings. The molecule has 0 aromatic heterocycles. The average Bonchev–Trinajstić information content (AvgIpc) is 2.68. The number of nitrogens with one attached hydrogen (secondary N) is 2. The molecule has 0 spiro atoms.